The monoisotopic (exact) mass is 389 g/mol. The van der Waals surface area contributed by atoms with Gasteiger partial charge < -0.3 is 9.88 Å². The summed E-state index contributed by atoms with van der Waals surface area (Å²) in [6.45, 7) is 2.95. The van der Waals surface area contributed by atoms with E-state index in [2.05, 4.69) is 65.3 Å². The van der Waals surface area contributed by atoms with E-state index in [1.54, 1.807) is 0 Å². The van der Waals surface area contributed by atoms with Crippen molar-refractivity contribution in [1.82, 2.24) is 14.9 Å². The summed E-state index contributed by atoms with van der Waals surface area (Å²) in [5.74, 6) is 1.57. The molecular formula is C25H31N3O. The summed E-state index contributed by atoms with van der Waals surface area (Å²) in [5.41, 5.74) is 3.49. The fraction of sp³-hybridized carbons (Fsp3) is 0.440. The van der Waals surface area contributed by atoms with Gasteiger partial charge in [-0.25, -0.2) is 4.98 Å². The fourth-order valence-corrected chi connectivity index (χ4v) is 4.55. The topological polar surface area (TPSA) is 46.9 Å². The minimum Gasteiger partial charge on any atom is -0.356 e. The summed E-state index contributed by atoms with van der Waals surface area (Å²) in [5, 5.41) is 3.16. The van der Waals surface area contributed by atoms with E-state index in [0.717, 1.165) is 43.6 Å². The number of fused-ring (bicyclic) bond motifs is 1. The van der Waals surface area contributed by atoms with Gasteiger partial charge in [-0.1, -0.05) is 61.7 Å². The van der Waals surface area contributed by atoms with Crippen molar-refractivity contribution in [3.8, 4) is 0 Å². The molecule has 0 bridgehead atoms. The third kappa shape index (κ3) is 4.52. The molecule has 0 aliphatic heterocycles. The number of para-hydroxylation sites is 2. The molecule has 0 radical (unpaired) electrons. The van der Waals surface area contributed by atoms with E-state index < -0.39 is 0 Å². The van der Waals surface area contributed by atoms with Crippen molar-refractivity contribution in [2.45, 2.75) is 57.9 Å². The lowest BCUT2D eigenvalue weighted by Gasteiger charge is -2.21. The second-order valence-electron chi connectivity index (χ2n) is 8.20. The van der Waals surface area contributed by atoms with Crippen LogP contribution in [-0.2, 0) is 11.2 Å². The molecule has 4 rings (SSSR count). The minimum absolute atomic E-state index is 0.218. The molecule has 1 aromatic heterocycles. The van der Waals surface area contributed by atoms with Crippen LogP contribution in [0.5, 0.6) is 0 Å². The van der Waals surface area contributed by atoms with E-state index >= 15 is 0 Å². The van der Waals surface area contributed by atoms with Crippen LogP contribution in [0.15, 0.2) is 54.6 Å². The van der Waals surface area contributed by atoms with Crippen molar-refractivity contribution in [2.75, 3.05) is 6.54 Å². The zero-order valence-electron chi connectivity index (χ0n) is 17.3. The number of rotatable bonds is 7. The van der Waals surface area contributed by atoms with Crippen LogP contribution in [0.3, 0.4) is 0 Å². The van der Waals surface area contributed by atoms with E-state index in [-0.39, 0.29) is 17.9 Å². The second-order valence-corrected chi connectivity index (χ2v) is 8.20. The lowest BCUT2D eigenvalue weighted by atomic mass is 9.89. The summed E-state index contributed by atoms with van der Waals surface area (Å²) in [6.07, 6.45) is 7.53. The van der Waals surface area contributed by atoms with Crippen LogP contribution in [0.2, 0.25) is 0 Å². The number of carbonyl (C=O) groups excluding carboxylic acids is 1. The Bertz CT molecular complexity index is 941. The number of imidazole rings is 1. The first kappa shape index (κ1) is 19.7. The maximum atomic E-state index is 12.4. The minimum atomic E-state index is 0.218. The number of nitrogens with one attached hydrogen (secondary N) is 1. The molecule has 4 nitrogen and oxygen atoms in total. The van der Waals surface area contributed by atoms with Gasteiger partial charge in [0.15, 0.2) is 0 Å². The van der Waals surface area contributed by atoms with E-state index in [9.17, 15) is 4.79 Å². The van der Waals surface area contributed by atoms with Gasteiger partial charge in [0.25, 0.3) is 0 Å². The van der Waals surface area contributed by atoms with E-state index in [4.69, 9.17) is 4.98 Å². The van der Waals surface area contributed by atoms with Crippen LogP contribution < -0.4 is 5.32 Å². The molecule has 1 aliphatic carbocycles. The SMILES string of the molecule is C[C@H](c1ccccc1)n1c(CCCNC(=O)C2CCCCC2)nc2ccccc21. The molecular weight excluding hydrogens is 358 g/mol. The summed E-state index contributed by atoms with van der Waals surface area (Å²) in [6, 6.07) is 19.1. The molecule has 0 spiro atoms. The molecule has 0 saturated heterocycles. The fourth-order valence-electron chi connectivity index (χ4n) is 4.55. The van der Waals surface area contributed by atoms with Crippen molar-refractivity contribution in [3.63, 3.8) is 0 Å². The first-order valence-electron chi connectivity index (χ1n) is 11.0. The van der Waals surface area contributed by atoms with Crippen molar-refractivity contribution in [3.05, 3.63) is 66.0 Å². The Morgan fingerprint density at radius 3 is 2.59 bits per heavy atom. The summed E-state index contributed by atoms with van der Waals surface area (Å²) in [7, 11) is 0. The quantitative estimate of drug-likeness (QED) is 0.559. The lowest BCUT2D eigenvalue weighted by Crippen LogP contribution is -2.32. The molecule has 1 atom stereocenters. The molecule has 1 saturated carbocycles. The van der Waals surface area contributed by atoms with Gasteiger partial charge in [0, 0.05) is 18.9 Å². The van der Waals surface area contributed by atoms with Crippen LogP contribution >= 0.6 is 0 Å². The zero-order valence-corrected chi connectivity index (χ0v) is 17.3. The molecule has 1 N–H and O–H groups in total. The summed E-state index contributed by atoms with van der Waals surface area (Å²) >= 11 is 0. The van der Waals surface area contributed by atoms with Crippen LogP contribution in [0.4, 0.5) is 0 Å². The maximum Gasteiger partial charge on any atom is 0.223 e. The first-order valence-corrected chi connectivity index (χ1v) is 11.0. The average Bonchev–Trinajstić information content (AvgIpc) is 3.15. The molecule has 3 aromatic rings. The third-order valence-corrected chi connectivity index (χ3v) is 6.19. The predicted octanol–water partition coefficient (Wildman–Crippen LogP) is 5.27. The van der Waals surface area contributed by atoms with Gasteiger partial charge in [-0.05, 0) is 43.9 Å². The number of aromatic nitrogens is 2. The van der Waals surface area contributed by atoms with Gasteiger partial charge >= 0.3 is 0 Å². The number of hydrogen-bond donors (Lipinski definition) is 1. The Morgan fingerprint density at radius 1 is 1.07 bits per heavy atom. The number of aryl methyl sites for hydroxylation is 1. The summed E-state index contributed by atoms with van der Waals surface area (Å²) < 4.78 is 2.35. The normalized spacial score (nSPS) is 16.0. The Hall–Kier alpha value is -2.62. The highest BCUT2D eigenvalue weighted by atomic mass is 16.1. The number of nitrogens with zero attached hydrogens (tertiary/aromatic N) is 2. The highest BCUT2D eigenvalue weighted by molar-refractivity contribution is 5.78. The molecule has 29 heavy (non-hydrogen) atoms. The molecule has 152 valence electrons. The molecule has 2 aromatic carbocycles. The Balaban J connectivity index is 1.45. The molecule has 1 amide bonds. The standard InChI is InChI=1S/C25H31N3O/c1-19(20-11-4-2-5-12-20)28-23-16-9-8-15-22(23)27-24(28)17-10-18-26-25(29)21-13-6-3-7-14-21/h2,4-5,8-9,11-12,15-16,19,21H,3,6-7,10,13-14,17-18H2,1H3,(H,26,29)/t19-/m1/s1. The molecule has 4 heteroatoms. The number of carbonyl (C=O) groups is 1. The van der Waals surface area contributed by atoms with Crippen molar-refractivity contribution in [1.29, 1.82) is 0 Å². The highest BCUT2D eigenvalue weighted by Crippen LogP contribution is 2.27. The Labute approximate surface area is 173 Å². The number of hydrogen-bond acceptors (Lipinski definition) is 2. The van der Waals surface area contributed by atoms with Crippen LogP contribution in [0.1, 0.15) is 62.9 Å². The average molecular weight is 390 g/mol. The molecule has 1 aliphatic rings. The Morgan fingerprint density at radius 2 is 1.79 bits per heavy atom. The van der Waals surface area contributed by atoms with Crippen LogP contribution in [-0.4, -0.2) is 22.0 Å². The first-order chi connectivity index (χ1) is 14.2. The molecule has 1 heterocycles. The van der Waals surface area contributed by atoms with Gasteiger partial charge in [0.05, 0.1) is 17.1 Å². The largest absolute Gasteiger partial charge is 0.356 e. The van der Waals surface area contributed by atoms with Crippen molar-refractivity contribution >= 4 is 16.9 Å². The van der Waals surface area contributed by atoms with Gasteiger partial charge in [-0.15, -0.1) is 0 Å². The Kier molecular flexibility index (Phi) is 6.28. The lowest BCUT2D eigenvalue weighted by molar-refractivity contribution is -0.125. The zero-order chi connectivity index (χ0) is 20.1. The highest BCUT2D eigenvalue weighted by Gasteiger charge is 2.21. The van der Waals surface area contributed by atoms with E-state index in [1.807, 2.05) is 6.07 Å². The van der Waals surface area contributed by atoms with Crippen molar-refractivity contribution < 1.29 is 4.79 Å². The predicted molar refractivity (Wildman–Crippen MR) is 118 cm³/mol. The van der Waals surface area contributed by atoms with Gasteiger partial charge in [-0.2, -0.15) is 0 Å². The molecule has 0 unspecified atom stereocenters. The van der Waals surface area contributed by atoms with Gasteiger partial charge in [0.1, 0.15) is 5.82 Å². The second kappa shape index (κ2) is 9.25. The van der Waals surface area contributed by atoms with Gasteiger partial charge in [0.2, 0.25) is 5.91 Å². The van der Waals surface area contributed by atoms with E-state index in [0.29, 0.717) is 0 Å². The van der Waals surface area contributed by atoms with Crippen LogP contribution in [0, 0.1) is 5.92 Å². The molecule has 1 fully saturated rings. The number of amides is 1. The smallest absolute Gasteiger partial charge is 0.223 e. The van der Waals surface area contributed by atoms with Gasteiger partial charge in [-0.3, -0.25) is 4.79 Å². The summed E-state index contributed by atoms with van der Waals surface area (Å²) in [4.78, 5) is 17.3. The third-order valence-electron chi connectivity index (χ3n) is 6.19. The van der Waals surface area contributed by atoms with E-state index in [1.165, 1.54) is 30.3 Å². The number of benzene rings is 2. The van der Waals surface area contributed by atoms with Crippen LogP contribution in [0.25, 0.3) is 11.0 Å². The maximum absolute atomic E-state index is 12.4. The van der Waals surface area contributed by atoms with Crippen molar-refractivity contribution in [2.24, 2.45) is 5.92 Å².